The van der Waals surface area contributed by atoms with Crippen molar-refractivity contribution in [3.8, 4) is 0 Å². The predicted molar refractivity (Wildman–Crippen MR) is 86.9 cm³/mol. The molecule has 1 saturated carbocycles. The summed E-state index contributed by atoms with van der Waals surface area (Å²) < 4.78 is 0. The maximum atomic E-state index is 3.85. The van der Waals surface area contributed by atoms with Crippen molar-refractivity contribution in [1.82, 2.24) is 10.2 Å². The van der Waals surface area contributed by atoms with Gasteiger partial charge < -0.3 is 10.2 Å². The lowest BCUT2D eigenvalue weighted by Gasteiger charge is -2.33. The van der Waals surface area contributed by atoms with Crippen molar-refractivity contribution in [2.75, 3.05) is 20.6 Å². The Balaban J connectivity index is 2.03. The van der Waals surface area contributed by atoms with Crippen LogP contribution < -0.4 is 5.32 Å². The van der Waals surface area contributed by atoms with Crippen LogP contribution in [0, 0.1) is 5.92 Å². The highest BCUT2D eigenvalue weighted by Gasteiger charge is 2.25. The topological polar surface area (TPSA) is 15.3 Å². The van der Waals surface area contributed by atoms with Gasteiger partial charge in [-0.25, -0.2) is 0 Å². The third-order valence-electron chi connectivity index (χ3n) is 4.79. The van der Waals surface area contributed by atoms with E-state index in [9.17, 15) is 0 Å². The van der Waals surface area contributed by atoms with Crippen LogP contribution in [-0.2, 0) is 0 Å². The molecule has 1 aliphatic rings. The molecule has 2 heteroatoms. The van der Waals surface area contributed by atoms with Crippen LogP contribution in [0.2, 0.25) is 0 Å². The fraction of sp³-hybridized carbons (Fsp3) is 0.667. The standard InChI is InChI=1S/C18H30N2/c1-15(20(2)3)14-19-18(16-10-6-4-7-11-16)17-12-8-5-9-13-17/h4,6-7,10-11,15,17-19H,5,8-9,12-14H2,1-3H3. The molecule has 0 aromatic heterocycles. The van der Waals surface area contributed by atoms with E-state index in [-0.39, 0.29) is 0 Å². The molecule has 0 radical (unpaired) electrons. The molecular formula is C18H30N2. The summed E-state index contributed by atoms with van der Waals surface area (Å²) >= 11 is 0. The largest absolute Gasteiger partial charge is 0.308 e. The number of hydrogen-bond acceptors (Lipinski definition) is 2. The summed E-state index contributed by atoms with van der Waals surface area (Å²) in [6.07, 6.45) is 6.98. The Morgan fingerprint density at radius 3 is 2.35 bits per heavy atom. The van der Waals surface area contributed by atoms with E-state index in [0.717, 1.165) is 12.5 Å². The van der Waals surface area contributed by atoms with Crippen molar-refractivity contribution >= 4 is 0 Å². The van der Waals surface area contributed by atoms with E-state index in [1.807, 2.05) is 0 Å². The summed E-state index contributed by atoms with van der Waals surface area (Å²) in [7, 11) is 4.31. The van der Waals surface area contributed by atoms with Crippen LogP contribution in [0.15, 0.2) is 30.3 Å². The average molecular weight is 274 g/mol. The van der Waals surface area contributed by atoms with Crippen LogP contribution >= 0.6 is 0 Å². The Bertz CT molecular complexity index is 368. The minimum absolute atomic E-state index is 0.527. The zero-order valence-electron chi connectivity index (χ0n) is 13.3. The Labute approximate surface area is 124 Å². The fourth-order valence-electron chi connectivity index (χ4n) is 3.16. The maximum absolute atomic E-state index is 3.85. The molecule has 0 spiro atoms. The lowest BCUT2D eigenvalue weighted by Crippen LogP contribution is -2.39. The molecule has 20 heavy (non-hydrogen) atoms. The molecule has 2 unspecified atom stereocenters. The molecule has 2 rings (SSSR count). The quantitative estimate of drug-likeness (QED) is 0.847. The first-order chi connectivity index (χ1) is 9.68. The van der Waals surface area contributed by atoms with E-state index < -0.39 is 0 Å². The molecule has 0 saturated heterocycles. The molecule has 2 atom stereocenters. The van der Waals surface area contributed by atoms with Gasteiger partial charge in [0.25, 0.3) is 0 Å². The van der Waals surface area contributed by atoms with E-state index in [2.05, 4.69) is 61.6 Å². The van der Waals surface area contributed by atoms with Gasteiger partial charge in [0.15, 0.2) is 0 Å². The molecule has 0 amide bonds. The SMILES string of the molecule is CC(CNC(c1ccccc1)C1CCCCC1)N(C)C. The Morgan fingerprint density at radius 1 is 1.10 bits per heavy atom. The zero-order valence-corrected chi connectivity index (χ0v) is 13.3. The van der Waals surface area contributed by atoms with Gasteiger partial charge in [-0.05, 0) is 45.3 Å². The molecule has 0 heterocycles. The van der Waals surface area contributed by atoms with Crippen molar-refractivity contribution in [2.24, 2.45) is 5.92 Å². The molecule has 2 nitrogen and oxygen atoms in total. The Kier molecular flexibility index (Phi) is 6.06. The van der Waals surface area contributed by atoms with Crippen LogP contribution in [0.5, 0.6) is 0 Å². The minimum atomic E-state index is 0.527. The average Bonchev–Trinajstić information content (AvgIpc) is 2.49. The lowest BCUT2D eigenvalue weighted by molar-refractivity contribution is 0.240. The second-order valence-electron chi connectivity index (χ2n) is 6.51. The van der Waals surface area contributed by atoms with Gasteiger partial charge in [0, 0.05) is 18.6 Å². The summed E-state index contributed by atoms with van der Waals surface area (Å²) in [5, 5.41) is 3.85. The zero-order chi connectivity index (χ0) is 14.4. The molecule has 112 valence electrons. The molecule has 1 fully saturated rings. The van der Waals surface area contributed by atoms with Crippen LogP contribution in [0.3, 0.4) is 0 Å². The molecule has 1 N–H and O–H groups in total. The highest BCUT2D eigenvalue weighted by Crippen LogP contribution is 2.34. The molecular weight excluding hydrogens is 244 g/mol. The van der Waals surface area contributed by atoms with Gasteiger partial charge in [-0.3, -0.25) is 0 Å². The third kappa shape index (κ3) is 4.32. The van der Waals surface area contributed by atoms with Crippen molar-refractivity contribution in [2.45, 2.75) is 51.1 Å². The van der Waals surface area contributed by atoms with Crippen molar-refractivity contribution in [3.63, 3.8) is 0 Å². The maximum Gasteiger partial charge on any atom is 0.0349 e. The third-order valence-corrected chi connectivity index (χ3v) is 4.79. The van der Waals surface area contributed by atoms with E-state index in [1.54, 1.807) is 0 Å². The molecule has 1 aromatic rings. The number of rotatable bonds is 6. The second-order valence-corrected chi connectivity index (χ2v) is 6.51. The highest BCUT2D eigenvalue weighted by molar-refractivity contribution is 5.20. The normalized spacial score (nSPS) is 20.0. The van der Waals surface area contributed by atoms with Gasteiger partial charge in [-0.1, -0.05) is 49.6 Å². The Morgan fingerprint density at radius 2 is 1.75 bits per heavy atom. The van der Waals surface area contributed by atoms with Crippen molar-refractivity contribution < 1.29 is 0 Å². The van der Waals surface area contributed by atoms with Gasteiger partial charge in [0.1, 0.15) is 0 Å². The van der Waals surface area contributed by atoms with Crippen molar-refractivity contribution in [3.05, 3.63) is 35.9 Å². The molecule has 0 aliphatic heterocycles. The number of nitrogens with one attached hydrogen (secondary N) is 1. The summed E-state index contributed by atoms with van der Waals surface area (Å²) in [6.45, 7) is 3.35. The smallest absolute Gasteiger partial charge is 0.0349 e. The second kappa shape index (κ2) is 7.80. The first-order valence-electron chi connectivity index (χ1n) is 8.13. The first kappa shape index (κ1) is 15.5. The van der Waals surface area contributed by atoms with Crippen LogP contribution in [-0.4, -0.2) is 31.6 Å². The summed E-state index contributed by atoms with van der Waals surface area (Å²) in [5.41, 5.74) is 1.46. The van der Waals surface area contributed by atoms with Gasteiger partial charge in [0.2, 0.25) is 0 Å². The Hall–Kier alpha value is -0.860. The first-order valence-corrected chi connectivity index (χ1v) is 8.13. The number of benzene rings is 1. The van der Waals surface area contributed by atoms with Crippen LogP contribution in [0.1, 0.15) is 50.6 Å². The van der Waals surface area contributed by atoms with Gasteiger partial charge in [-0.15, -0.1) is 0 Å². The van der Waals surface area contributed by atoms with E-state index >= 15 is 0 Å². The minimum Gasteiger partial charge on any atom is -0.308 e. The number of nitrogens with zero attached hydrogens (tertiary/aromatic N) is 1. The summed E-state index contributed by atoms with van der Waals surface area (Å²) in [6, 6.07) is 12.1. The van der Waals surface area contributed by atoms with E-state index in [0.29, 0.717) is 12.1 Å². The van der Waals surface area contributed by atoms with E-state index in [1.165, 1.54) is 37.7 Å². The van der Waals surface area contributed by atoms with Gasteiger partial charge in [0.05, 0.1) is 0 Å². The van der Waals surface area contributed by atoms with Crippen LogP contribution in [0.4, 0.5) is 0 Å². The predicted octanol–water partition coefficient (Wildman–Crippen LogP) is 3.85. The summed E-state index contributed by atoms with van der Waals surface area (Å²) in [4.78, 5) is 2.29. The number of hydrogen-bond donors (Lipinski definition) is 1. The van der Waals surface area contributed by atoms with Gasteiger partial charge >= 0.3 is 0 Å². The molecule has 1 aromatic carbocycles. The molecule has 0 bridgehead atoms. The highest BCUT2D eigenvalue weighted by atomic mass is 15.1. The van der Waals surface area contributed by atoms with Crippen LogP contribution in [0.25, 0.3) is 0 Å². The monoisotopic (exact) mass is 274 g/mol. The fourth-order valence-corrected chi connectivity index (χ4v) is 3.16. The van der Waals surface area contributed by atoms with E-state index in [4.69, 9.17) is 0 Å². The van der Waals surface area contributed by atoms with Gasteiger partial charge in [-0.2, -0.15) is 0 Å². The lowest BCUT2D eigenvalue weighted by atomic mass is 9.81. The molecule has 1 aliphatic carbocycles. The summed E-state index contributed by atoms with van der Waals surface area (Å²) in [5.74, 6) is 0.806. The van der Waals surface area contributed by atoms with Crippen molar-refractivity contribution in [1.29, 1.82) is 0 Å². The number of likely N-dealkylation sites (N-methyl/N-ethyl adjacent to an activating group) is 1.